The predicted octanol–water partition coefficient (Wildman–Crippen LogP) is 2.83. The van der Waals surface area contributed by atoms with Gasteiger partial charge in [-0.2, -0.15) is 4.98 Å². The Morgan fingerprint density at radius 1 is 1.23 bits per heavy atom. The topological polar surface area (TPSA) is 71.7 Å². The van der Waals surface area contributed by atoms with Crippen LogP contribution in [0.2, 0.25) is 0 Å². The number of hydrogen-bond donors (Lipinski definition) is 0. The van der Waals surface area contributed by atoms with Crippen LogP contribution >= 0.6 is 0 Å². The number of amides is 1. The molecule has 2 aromatic rings. The van der Waals surface area contributed by atoms with Gasteiger partial charge in [0.25, 0.3) is 0 Å². The van der Waals surface area contributed by atoms with E-state index in [0.29, 0.717) is 55.6 Å². The second kappa shape index (κ2) is 9.66. The number of nitrogens with zero attached hydrogens (tertiary/aromatic N) is 4. The maximum absolute atomic E-state index is 13.8. The molecule has 1 aromatic heterocycles. The normalized spacial score (nSPS) is 20.5. The van der Waals surface area contributed by atoms with E-state index in [9.17, 15) is 9.18 Å². The van der Waals surface area contributed by atoms with E-state index in [0.717, 1.165) is 38.8 Å². The van der Waals surface area contributed by atoms with Crippen molar-refractivity contribution in [2.45, 2.75) is 45.1 Å². The Morgan fingerprint density at radius 3 is 2.87 bits per heavy atom. The summed E-state index contributed by atoms with van der Waals surface area (Å²) in [4.78, 5) is 21.6. The molecule has 0 N–H and O–H groups in total. The third-order valence-electron chi connectivity index (χ3n) is 5.96. The van der Waals surface area contributed by atoms with E-state index < -0.39 is 0 Å². The van der Waals surface area contributed by atoms with E-state index in [1.165, 1.54) is 6.07 Å². The van der Waals surface area contributed by atoms with Crippen LogP contribution in [0.1, 0.15) is 37.1 Å². The number of ether oxygens (including phenoxy) is 1. The molecule has 2 fully saturated rings. The molecule has 1 amide bonds. The highest BCUT2D eigenvalue weighted by Crippen LogP contribution is 2.22. The van der Waals surface area contributed by atoms with Gasteiger partial charge in [0.1, 0.15) is 5.82 Å². The van der Waals surface area contributed by atoms with Crippen LogP contribution in [0.25, 0.3) is 11.4 Å². The molecule has 2 saturated heterocycles. The number of hydrogen-bond acceptors (Lipinski definition) is 6. The van der Waals surface area contributed by atoms with Gasteiger partial charge in [0.15, 0.2) is 0 Å². The standard InChI is InChI=1S/C22H29FN4O3/c1-16-7-8-17(15-18(16)23)21-24-20(30-25-21)6-4-10-26-9-3-2-5-19(26)22(28)27-11-13-29-14-12-27/h7-8,15,19H,2-6,9-14H2,1H3. The molecule has 0 saturated carbocycles. The van der Waals surface area contributed by atoms with Gasteiger partial charge in [0.05, 0.1) is 19.3 Å². The maximum Gasteiger partial charge on any atom is 0.240 e. The first-order valence-electron chi connectivity index (χ1n) is 10.8. The number of morpholine rings is 1. The lowest BCUT2D eigenvalue weighted by molar-refractivity contribution is -0.142. The SMILES string of the molecule is Cc1ccc(-c2noc(CCCN3CCCCC3C(=O)N3CCOCC3)n2)cc1F. The minimum absolute atomic E-state index is 0.0365. The quantitative estimate of drug-likeness (QED) is 0.721. The summed E-state index contributed by atoms with van der Waals surface area (Å²) in [6.07, 6.45) is 4.60. The molecule has 1 atom stereocenters. The Morgan fingerprint density at radius 2 is 2.07 bits per heavy atom. The monoisotopic (exact) mass is 416 g/mol. The molecule has 0 spiro atoms. The minimum atomic E-state index is -0.278. The number of carbonyl (C=O) groups excluding carboxylic acids is 1. The Hall–Kier alpha value is -2.32. The first-order valence-corrected chi connectivity index (χ1v) is 10.8. The van der Waals surface area contributed by atoms with E-state index in [1.807, 2.05) is 4.90 Å². The van der Waals surface area contributed by atoms with Crippen LogP contribution < -0.4 is 0 Å². The molecule has 0 aliphatic carbocycles. The van der Waals surface area contributed by atoms with E-state index in [2.05, 4.69) is 15.0 Å². The molecule has 2 aliphatic rings. The summed E-state index contributed by atoms with van der Waals surface area (Å²) >= 11 is 0. The number of halogens is 1. The predicted molar refractivity (Wildman–Crippen MR) is 109 cm³/mol. The number of benzene rings is 1. The van der Waals surface area contributed by atoms with Crippen LogP contribution in [-0.4, -0.2) is 71.3 Å². The third kappa shape index (κ3) is 4.87. The Balaban J connectivity index is 1.32. The number of piperidine rings is 1. The number of aromatic nitrogens is 2. The Bertz CT molecular complexity index is 866. The number of carbonyl (C=O) groups is 1. The van der Waals surface area contributed by atoms with Crippen LogP contribution in [0.5, 0.6) is 0 Å². The summed E-state index contributed by atoms with van der Waals surface area (Å²) < 4.78 is 24.5. The smallest absolute Gasteiger partial charge is 0.240 e. The fraction of sp³-hybridized carbons (Fsp3) is 0.591. The number of likely N-dealkylation sites (tertiary alicyclic amines) is 1. The highest BCUT2D eigenvalue weighted by atomic mass is 19.1. The Labute approximate surface area is 176 Å². The number of rotatable bonds is 6. The summed E-state index contributed by atoms with van der Waals surface area (Å²) in [5, 5.41) is 3.99. The van der Waals surface area contributed by atoms with Crippen LogP contribution in [-0.2, 0) is 16.0 Å². The summed E-state index contributed by atoms with van der Waals surface area (Å²) in [5.74, 6) is 0.903. The van der Waals surface area contributed by atoms with Crippen molar-refractivity contribution in [3.05, 3.63) is 35.5 Å². The van der Waals surface area contributed by atoms with Crippen molar-refractivity contribution in [1.29, 1.82) is 0 Å². The van der Waals surface area contributed by atoms with E-state index in [1.54, 1.807) is 19.1 Å². The van der Waals surface area contributed by atoms with E-state index in [4.69, 9.17) is 9.26 Å². The molecule has 8 heteroatoms. The van der Waals surface area contributed by atoms with E-state index >= 15 is 0 Å². The lowest BCUT2D eigenvalue weighted by atomic mass is 10.00. The first kappa shape index (κ1) is 20.9. The molecule has 2 aliphatic heterocycles. The van der Waals surface area contributed by atoms with Crippen molar-refractivity contribution in [1.82, 2.24) is 19.9 Å². The van der Waals surface area contributed by atoms with Gasteiger partial charge in [-0.1, -0.05) is 23.7 Å². The molecule has 30 heavy (non-hydrogen) atoms. The van der Waals surface area contributed by atoms with Crippen molar-refractivity contribution in [3.63, 3.8) is 0 Å². The Kier molecular flexibility index (Phi) is 6.74. The molecular formula is C22H29FN4O3. The van der Waals surface area contributed by atoms with Crippen LogP contribution in [0.3, 0.4) is 0 Å². The van der Waals surface area contributed by atoms with Crippen molar-refractivity contribution in [2.24, 2.45) is 0 Å². The molecular weight excluding hydrogens is 387 g/mol. The molecule has 4 rings (SSSR count). The second-order valence-electron chi connectivity index (χ2n) is 8.06. The van der Waals surface area contributed by atoms with Gasteiger partial charge in [-0.3, -0.25) is 9.69 Å². The van der Waals surface area contributed by atoms with Gasteiger partial charge in [-0.25, -0.2) is 4.39 Å². The van der Waals surface area contributed by atoms with E-state index in [-0.39, 0.29) is 17.8 Å². The summed E-state index contributed by atoms with van der Waals surface area (Å²) in [6.45, 7) is 6.11. The zero-order chi connectivity index (χ0) is 20.9. The zero-order valence-corrected chi connectivity index (χ0v) is 17.5. The van der Waals surface area contributed by atoms with Gasteiger partial charge >= 0.3 is 0 Å². The molecule has 1 aromatic carbocycles. The van der Waals surface area contributed by atoms with Gasteiger partial charge in [-0.15, -0.1) is 0 Å². The van der Waals surface area contributed by atoms with Gasteiger partial charge in [0.2, 0.25) is 17.6 Å². The van der Waals surface area contributed by atoms with Crippen molar-refractivity contribution >= 4 is 5.91 Å². The summed E-state index contributed by atoms with van der Waals surface area (Å²) in [7, 11) is 0. The van der Waals surface area contributed by atoms with Crippen LogP contribution in [0.15, 0.2) is 22.7 Å². The molecule has 7 nitrogen and oxygen atoms in total. The molecule has 162 valence electrons. The molecule has 1 unspecified atom stereocenters. The maximum atomic E-state index is 13.8. The molecule has 3 heterocycles. The minimum Gasteiger partial charge on any atom is -0.378 e. The zero-order valence-electron chi connectivity index (χ0n) is 17.5. The highest BCUT2D eigenvalue weighted by Gasteiger charge is 2.32. The van der Waals surface area contributed by atoms with Gasteiger partial charge < -0.3 is 14.2 Å². The molecule has 0 radical (unpaired) electrons. The number of aryl methyl sites for hydroxylation is 2. The van der Waals surface area contributed by atoms with Crippen molar-refractivity contribution in [3.8, 4) is 11.4 Å². The molecule has 0 bridgehead atoms. The fourth-order valence-electron chi connectivity index (χ4n) is 4.17. The van der Waals surface area contributed by atoms with Crippen molar-refractivity contribution < 1.29 is 18.4 Å². The lowest BCUT2D eigenvalue weighted by Gasteiger charge is -2.38. The van der Waals surface area contributed by atoms with Gasteiger partial charge in [-0.05, 0) is 50.9 Å². The largest absolute Gasteiger partial charge is 0.378 e. The third-order valence-corrected chi connectivity index (χ3v) is 5.96. The first-order chi connectivity index (χ1) is 14.6. The average Bonchev–Trinajstić information content (AvgIpc) is 3.25. The van der Waals surface area contributed by atoms with Crippen LogP contribution in [0.4, 0.5) is 4.39 Å². The second-order valence-corrected chi connectivity index (χ2v) is 8.06. The summed E-state index contributed by atoms with van der Waals surface area (Å²) in [6, 6.07) is 4.90. The van der Waals surface area contributed by atoms with Crippen LogP contribution in [0, 0.1) is 12.7 Å². The van der Waals surface area contributed by atoms with Crippen molar-refractivity contribution in [2.75, 3.05) is 39.4 Å². The summed E-state index contributed by atoms with van der Waals surface area (Å²) in [5.41, 5.74) is 1.20. The lowest BCUT2D eigenvalue weighted by Crippen LogP contribution is -2.53. The fourth-order valence-corrected chi connectivity index (χ4v) is 4.17. The highest BCUT2D eigenvalue weighted by molar-refractivity contribution is 5.82. The van der Waals surface area contributed by atoms with Gasteiger partial charge in [0, 0.05) is 25.1 Å². The average molecular weight is 416 g/mol.